The summed E-state index contributed by atoms with van der Waals surface area (Å²) < 4.78 is 6.51. The van der Waals surface area contributed by atoms with Gasteiger partial charge in [-0.15, -0.1) is 0 Å². The maximum absolute atomic E-state index is 8.77. The van der Waals surface area contributed by atoms with Gasteiger partial charge in [-0.2, -0.15) is 0 Å². The van der Waals surface area contributed by atoms with Crippen molar-refractivity contribution in [3.05, 3.63) is 0 Å². The zero-order valence-electron chi connectivity index (χ0n) is 11.8. The van der Waals surface area contributed by atoms with E-state index in [0.717, 1.165) is 30.8 Å². The van der Waals surface area contributed by atoms with Crippen molar-refractivity contribution in [1.29, 1.82) is 0 Å². The number of hydrogen-bond acceptors (Lipinski definition) is 2. The topological polar surface area (TPSA) is 29.5 Å². The minimum atomic E-state index is 0. The highest BCUT2D eigenvalue weighted by molar-refractivity contribution is 4.41. The number of nitrogens with zero attached hydrogens (tertiary/aromatic N) is 1. The van der Waals surface area contributed by atoms with Gasteiger partial charge in [-0.3, -0.25) is 0 Å². The molecule has 0 spiro atoms. The van der Waals surface area contributed by atoms with Crippen LogP contribution in [0.25, 0.3) is 0 Å². The lowest BCUT2D eigenvalue weighted by molar-refractivity contribution is -0.909. The zero-order chi connectivity index (χ0) is 12.3. The van der Waals surface area contributed by atoms with Gasteiger partial charge in [-0.25, -0.2) is 0 Å². The summed E-state index contributed by atoms with van der Waals surface area (Å²) in [6, 6.07) is 0. The number of aliphatic hydroxyl groups is 1. The zero-order valence-corrected chi connectivity index (χ0v) is 12.5. The summed E-state index contributed by atoms with van der Waals surface area (Å²) in [6.07, 6.45) is 7.30. The lowest BCUT2D eigenvalue weighted by Gasteiger charge is -2.28. The van der Waals surface area contributed by atoms with Gasteiger partial charge < -0.3 is 26.7 Å². The first-order valence-electron chi connectivity index (χ1n) is 6.63. The van der Waals surface area contributed by atoms with Gasteiger partial charge in [-0.1, -0.05) is 32.6 Å². The van der Waals surface area contributed by atoms with Crippen molar-refractivity contribution in [2.45, 2.75) is 45.4 Å². The van der Waals surface area contributed by atoms with Gasteiger partial charge in [0.1, 0.15) is 0 Å². The number of halogens is 1. The first-order valence-corrected chi connectivity index (χ1v) is 6.63. The van der Waals surface area contributed by atoms with E-state index in [0.29, 0.717) is 0 Å². The highest BCUT2D eigenvalue weighted by Crippen LogP contribution is 2.04. The third-order valence-corrected chi connectivity index (χ3v) is 2.75. The summed E-state index contributed by atoms with van der Waals surface area (Å²) in [5.74, 6) is 0. The summed E-state index contributed by atoms with van der Waals surface area (Å²) in [4.78, 5) is 0. The van der Waals surface area contributed by atoms with Gasteiger partial charge in [0.05, 0.1) is 27.2 Å². The molecule has 106 valence electrons. The van der Waals surface area contributed by atoms with Gasteiger partial charge in [0.2, 0.25) is 0 Å². The van der Waals surface area contributed by atoms with Gasteiger partial charge in [0.25, 0.3) is 0 Å². The molecular formula is C13H30ClNO2. The predicted molar refractivity (Wildman–Crippen MR) is 68.3 cm³/mol. The first kappa shape index (κ1) is 19.5. The second-order valence-electron chi connectivity index (χ2n) is 5.19. The number of hydrogen-bond donors (Lipinski definition) is 1. The van der Waals surface area contributed by atoms with Gasteiger partial charge in [0.15, 0.2) is 6.73 Å². The number of unbranched alkanes of at least 4 members (excludes halogenated alkanes) is 4. The van der Waals surface area contributed by atoms with Crippen LogP contribution < -0.4 is 12.4 Å². The monoisotopic (exact) mass is 267 g/mol. The van der Waals surface area contributed by atoms with E-state index < -0.39 is 0 Å². The maximum atomic E-state index is 8.77. The second-order valence-corrected chi connectivity index (χ2v) is 5.19. The molecule has 0 unspecified atom stereocenters. The maximum Gasteiger partial charge on any atom is 0.182 e. The molecule has 0 atom stereocenters. The number of ether oxygens (including phenoxy) is 1. The highest BCUT2D eigenvalue weighted by Gasteiger charge is 2.13. The van der Waals surface area contributed by atoms with Crippen LogP contribution in [0, 0.1) is 0 Å². The molecule has 4 heteroatoms. The molecule has 0 aliphatic rings. The summed E-state index contributed by atoms with van der Waals surface area (Å²) >= 11 is 0. The molecule has 0 rings (SSSR count). The smallest absolute Gasteiger partial charge is 0.182 e. The molecule has 0 saturated carbocycles. The standard InChI is InChI=1S/C13H30NO2.ClH/c1-4-5-6-7-8-12-16-13-14(2,3)10-9-11-15;/h15H,4-13H2,1-3H3;1H/q+1;/p-1. The molecule has 0 aliphatic heterocycles. The Morgan fingerprint density at radius 2 is 1.65 bits per heavy atom. The Morgan fingerprint density at radius 3 is 2.24 bits per heavy atom. The second kappa shape index (κ2) is 12.6. The van der Waals surface area contributed by atoms with Crippen LogP contribution >= 0.6 is 0 Å². The molecule has 0 aromatic carbocycles. The van der Waals surface area contributed by atoms with Crippen molar-refractivity contribution < 1.29 is 26.7 Å². The Labute approximate surface area is 113 Å². The van der Waals surface area contributed by atoms with Gasteiger partial charge in [0, 0.05) is 13.0 Å². The normalized spacial score (nSPS) is 11.3. The quantitative estimate of drug-likeness (QED) is 0.308. The van der Waals surface area contributed by atoms with Crippen molar-refractivity contribution in [3.63, 3.8) is 0 Å². The van der Waals surface area contributed by atoms with E-state index in [4.69, 9.17) is 9.84 Å². The van der Waals surface area contributed by atoms with E-state index in [9.17, 15) is 0 Å². The fourth-order valence-corrected chi connectivity index (χ4v) is 1.68. The third-order valence-electron chi connectivity index (χ3n) is 2.75. The van der Waals surface area contributed by atoms with E-state index in [2.05, 4.69) is 21.0 Å². The molecule has 17 heavy (non-hydrogen) atoms. The summed E-state index contributed by atoms with van der Waals surface area (Å²) in [6.45, 7) is 5.13. The minimum absolute atomic E-state index is 0. The Hall–Kier alpha value is 0.170. The fraction of sp³-hybridized carbons (Fsp3) is 1.00. The molecule has 3 nitrogen and oxygen atoms in total. The largest absolute Gasteiger partial charge is 1.00 e. The highest BCUT2D eigenvalue weighted by atomic mass is 35.5. The molecule has 0 radical (unpaired) electrons. The van der Waals surface area contributed by atoms with Gasteiger partial charge in [-0.05, 0) is 6.42 Å². The molecule has 0 bridgehead atoms. The Morgan fingerprint density at radius 1 is 1.00 bits per heavy atom. The van der Waals surface area contributed by atoms with Crippen LogP contribution in [0.1, 0.15) is 45.4 Å². The van der Waals surface area contributed by atoms with E-state index >= 15 is 0 Å². The lowest BCUT2D eigenvalue weighted by atomic mass is 10.2. The van der Waals surface area contributed by atoms with Crippen molar-refractivity contribution in [2.75, 3.05) is 40.6 Å². The van der Waals surface area contributed by atoms with Crippen molar-refractivity contribution in [3.8, 4) is 0 Å². The van der Waals surface area contributed by atoms with E-state index in [1.165, 1.54) is 32.1 Å². The lowest BCUT2D eigenvalue weighted by Crippen LogP contribution is -3.00. The van der Waals surface area contributed by atoms with E-state index in [-0.39, 0.29) is 19.0 Å². The molecule has 0 aliphatic carbocycles. The predicted octanol–water partition coefficient (Wildman–Crippen LogP) is -0.606. The molecule has 1 N–H and O–H groups in total. The Balaban J connectivity index is 0. The third kappa shape index (κ3) is 14.1. The van der Waals surface area contributed by atoms with Crippen LogP contribution in [-0.2, 0) is 4.74 Å². The van der Waals surface area contributed by atoms with Crippen LogP contribution in [-0.4, -0.2) is 50.2 Å². The minimum Gasteiger partial charge on any atom is -1.00 e. The van der Waals surface area contributed by atoms with Crippen molar-refractivity contribution >= 4 is 0 Å². The summed E-state index contributed by atoms with van der Waals surface area (Å²) in [5.41, 5.74) is 0. The molecule has 0 amide bonds. The van der Waals surface area contributed by atoms with Crippen LogP contribution in [0.3, 0.4) is 0 Å². The summed E-state index contributed by atoms with van der Waals surface area (Å²) in [7, 11) is 4.29. The van der Waals surface area contributed by atoms with E-state index in [1.54, 1.807) is 0 Å². The molecular weight excluding hydrogens is 238 g/mol. The van der Waals surface area contributed by atoms with Crippen LogP contribution in [0.4, 0.5) is 0 Å². The molecule has 0 fully saturated rings. The van der Waals surface area contributed by atoms with E-state index in [1.807, 2.05) is 0 Å². The van der Waals surface area contributed by atoms with Crippen LogP contribution in [0.15, 0.2) is 0 Å². The number of rotatable bonds is 11. The molecule has 0 heterocycles. The van der Waals surface area contributed by atoms with Crippen molar-refractivity contribution in [1.82, 2.24) is 0 Å². The van der Waals surface area contributed by atoms with Gasteiger partial charge >= 0.3 is 0 Å². The summed E-state index contributed by atoms with van der Waals surface area (Å²) in [5, 5.41) is 8.77. The molecule has 0 aromatic rings. The number of aliphatic hydroxyl groups excluding tert-OH is 1. The SMILES string of the molecule is CCCCCCCOC[N+](C)(C)CCCO.[Cl-]. The fourth-order valence-electron chi connectivity index (χ4n) is 1.68. The first-order chi connectivity index (χ1) is 7.62. The average Bonchev–Trinajstić information content (AvgIpc) is 2.25. The molecule has 0 aromatic heterocycles. The van der Waals surface area contributed by atoms with Crippen LogP contribution in [0.5, 0.6) is 0 Å². The number of quaternary nitrogens is 1. The van der Waals surface area contributed by atoms with Crippen LogP contribution in [0.2, 0.25) is 0 Å². The molecule has 0 saturated heterocycles. The average molecular weight is 268 g/mol. The Kier molecular flexibility index (Phi) is 14.5. The van der Waals surface area contributed by atoms with Crippen molar-refractivity contribution in [2.24, 2.45) is 0 Å². The Bertz CT molecular complexity index is 154.